The van der Waals surface area contributed by atoms with Crippen LogP contribution in [0.25, 0.3) is 11.0 Å². The monoisotopic (exact) mass is 407 g/mol. The maximum atomic E-state index is 13.4. The van der Waals surface area contributed by atoms with E-state index in [4.69, 9.17) is 16.0 Å². The topological polar surface area (TPSA) is 50.5 Å². The summed E-state index contributed by atoms with van der Waals surface area (Å²) in [5, 5.41) is 0.881. The third-order valence-electron chi connectivity index (χ3n) is 5.49. The van der Waals surface area contributed by atoms with E-state index in [-0.39, 0.29) is 17.1 Å². The van der Waals surface area contributed by atoms with Gasteiger partial charge < -0.3 is 9.32 Å². The molecule has 0 aliphatic carbocycles. The fourth-order valence-corrected chi connectivity index (χ4v) is 4.04. The molecule has 2 heterocycles. The minimum Gasteiger partial charge on any atom is -0.450 e. The molecule has 1 unspecified atom stereocenters. The number of fused-ring (bicyclic) bond motifs is 2. The highest BCUT2D eigenvalue weighted by molar-refractivity contribution is 6.32. The van der Waals surface area contributed by atoms with Crippen molar-refractivity contribution in [2.24, 2.45) is 0 Å². The highest BCUT2D eigenvalue weighted by atomic mass is 35.5. The lowest BCUT2D eigenvalue weighted by Crippen LogP contribution is -2.29. The molecule has 5 heteroatoms. The van der Waals surface area contributed by atoms with Crippen LogP contribution in [0.15, 0.2) is 58.3 Å². The Morgan fingerprint density at radius 1 is 1.21 bits per heavy atom. The number of halogens is 1. The Hall–Kier alpha value is -2.85. The lowest BCUT2D eigenvalue weighted by molar-refractivity contribution is 0.0748. The Balaban J connectivity index is 1.97. The van der Waals surface area contributed by atoms with Gasteiger partial charge in [-0.1, -0.05) is 55.8 Å². The van der Waals surface area contributed by atoms with Crippen molar-refractivity contribution < 1.29 is 9.21 Å². The maximum absolute atomic E-state index is 13.4. The number of benzene rings is 2. The lowest BCUT2D eigenvalue weighted by Gasteiger charge is -2.24. The van der Waals surface area contributed by atoms with Crippen molar-refractivity contribution in [3.05, 3.63) is 92.3 Å². The Morgan fingerprint density at radius 2 is 1.90 bits per heavy atom. The zero-order valence-corrected chi connectivity index (χ0v) is 17.4. The molecule has 4 nitrogen and oxygen atoms in total. The van der Waals surface area contributed by atoms with Crippen molar-refractivity contribution in [1.29, 1.82) is 0 Å². The Kier molecular flexibility index (Phi) is 4.83. The van der Waals surface area contributed by atoms with Crippen LogP contribution in [0.2, 0.25) is 5.02 Å². The van der Waals surface area contributed by atoms with Gasteiger partial charge in [-0.2, -0.15) is 0 Å². The summed E-state index contributed by atoms with van der Waals surface area (Å²) in [6.45, 7) is 10.2. The molecule has 0 saturated carbocycles. The van der Waals surface area contributed by atoms with Crippen molar-refractivity contribution in [2.45, 2.75) is 32.7 Å². The molecule has 0 saturated heterocycles. The molecule has 1 aromatic heterocycles. The first-order chi connectivity index (χ1) is 13.8. The van der Waals surface area contributed by atoms with Gasteiger partial charge in [0.1, 0.15) is 5.58 Å². The van der Waals surface area contributed by atoms with Crippen molar-refractivity contribution in [2.75, 3.05) is 6.54 Å². The summed E-state index contributed by atoms with van der Waals surface area (Å²) in [5.41, 5.74) is 3.37. The van der Waals surface area contributed by atoms with E-state index < -0.39 is 6.04 Å². The zero-order chi connectivity index (χ0) is 20.9. The molecule has 1 amide bonds. The average molecular weight is 408 g/mol. The summed E-state index contributed by atoms with van der Waals surface area (Å²) in [6, 6.07) is 10.8. The van der Waals surface area contributed by atoms with E-state index in [1.807, 2.05) is 31.2 Å². The third-order valence-corrected chi connectivity index (χ3v) is 5.90. The summed E-state index contributed by atoms with van der Waals surface area (Å²) >= 11 is 6.25. The Labute approximate surface area is 174 Å². The van der Waals surface area contributed by atoms with Crippen molar-refractivity contribution >= 4 is 28.5 Å². The second kappa shape index (κ2) is 7.20. The predicted octanol–water partition coefficient (Wildman–Crippen LogP) is 5.61. The highest BCUT2D eigenvalue weighted by Crippen LogP contribution is 2.38. The van der Waals surface area contributed by atoms with Gasteiger partial charge in [-0.05, 0) is 41.7 Å². The summed E-state index contributed by atoms with van der Waals surface area (Å²) in [7, 11) is 0. The van der Waals surface area contributed by atoms with Crippen LogP contribution in [0.5, 0.6) is 0 Å². The predicted molar refractivity (Wildman–Crippen MR) is 116 cm³/mol. The lowest BCUT2D eigenvalue weighted by atomic mass is 9.95. The van der Waals surface area contributed by atoms with Gasteiger partial charge >= 0.3 is 0 Å². The second-order valence-corrected chi connectivity index (χ2v) is 8.15. The smallest absolute Gasteiger partial charge is 0.291 e. The van der Waals surface area contributed by atoms with Gasteiger partial charge in [-0.25, -0.2) is 0 Å². The van der Waals surface area contributed by atoms with E-state index in [2.05, 4.69) is 20.4 Å². The van der Waals surface area contributed by atoms with Crippen molar-refractivity contribution in [1.82, 2.24) is 4.90 Å². The van der Waals surface area contributed by atoms with Crippen molar-refractivity contribution in [3.63, 3.8) is 0 Å². The van der Waals surface area contributed by atoms with Crippen LogP contribution in [0.3, 0.4) is 0 Å². The molecule has 148 valence electrons. The van der Waals surface area contributed by atoms with Gasteiger partial charge in [0.25, 0.3) is 5.91 Å². The summed E-state index contributed by atoms with van der Waals surface area (Å²) < 4.78 is 5.94. The Bertz CT molecular complexity index is 1190. The van der Waals surface area contributed by atoms with Gasteiger partial charge in [0.15, 0.2) is 5.43 Å². The molecule has 0 bridgehead atoms. The minimum atomic E-state index is -0.516. The number of amides is 1. The fourth-order valence-electron chi connectivity index (χ4n) is 3.88. The first kappa shape index (κ1) is 19.5. The standard InChI is InChI=1S/C24H22ClNO3/c1-5-10-26-21(16-8-6-15(7-9-16)13(2)3)20-22(27)17-12-18(25)14(4)11-19(17)29-23(20)24(26)28/h5-9,11-13,21H,1,10H2,2-4H3. The minimum absolute atomic E-state index is 0.101. The molecular weight excluding hydrogens is 386 g/mol. The molecule has 0 fully saturated rings. The summed E-state index contributed by atoms with van der Waals surface area (Å²) in [5.74, 6) is 0.193. The van der Waals surface area contributed by atoms with Crippen LogP contribution < -0.4 is 5.43 Å². The quantitative estimate of drug-likeness (QED) is 0.528. The second-order valence-electron chi connectivity index (χ2n) is 7.74. The van der Waals surface area contributed by atoms with Gasteiger partial charge in [0, 0.05) is 11.6 Å². The zero-order valence-electron chi connectivity index (χ0n) is 16.7. The third kappa shape index (κ3) is 3.08. The molecule has 0 radical (unpaired) electrons. The van der Waals surface area contributed by atoms with E-state index in [0.717, 1.165) is 11.1 Å². The first-order valence-electron chi connectivity index (χ1n) is 9.62. The van der Waals surface area contributed by atoms with Crippen LogP contribution in [-0.2, 0) is 0 Å². The molecule has 1 aliphatic heterocycles. The number of hydrogen-bond donors (Lipinski definition) is 0. The molecule has 29 heavy (non-hydrogen) atoms. The molecule has 3 aromatic rings. The van der Waals surface area contributed by atoms with E-state index in [0.29, 0.717) is 34.0 Å². The molecule has 1 atom stereocenters. The highest BCUT2D eigenvalue weighted by Gasteiger charge is 2.42. The number of rotatable bonds is 4. The van der Waals surface area contributed by atoms with E-state index in [1.54, 1.807) is 23.1 Å². The van der Waals surface area contributed by atoms with Crippen LogP contribution >= 0.6 is 11.6 Å². The van der Waals surface area contributed by atoms with Crippen LogP contribution in [0, 0.1) is 6.92 Å². The van der Waals surface area contributed by atoms with Gasteiger partial charge in [-0.15, -0.1) is 6.58 Å². The number of hydrogen-bond acceptors (Lipinski definition) is 3. The van der Waals surface area contributed by atoms with E-state index in [1.165, 1.54) is 5.56 Å². The summed E-state index contributed by atoms with van der Waals surface area (Å²) in [4.78, 5) is 28.2. The van der Waals surface area contributed by atoms with Crippen LogP contribution in [0.4, 0.5) is 0 Å². The maximum Gasteiger partial charge on any atom is 0.291 e. The molecular formula is C24H22ClNO3. The van der Waals surface area contributed by atoms with Crippen LogP contribution in [0.1, 0.15) is 58.6 Å². The average Bonchev–Trinajstić information content (AvgIpc) is 2.96. The van der Waals surface area contributed by atoms with Gasteiger partial charge in [-0.3, -0.25) is 9.59 Å². The number of carbonyl (C=O) groups excluding carboxylic acids is 1. The molecule has 1 aliphatic rings. The SMILES string of the molecule is C=CCN1C(=O)c2oc3cc(C)c(Cl)cc3c(=O)c2C1c1ccc(C(C)C)cc1. The van der Waals surface area contributed by atoms with E-state index in [9.17, 15) is 9.59 Å². The summed E-state index contributed by atoms with van der Waals surface area (Å²) in [6.07, 6.45) is 1.66. The normalized spacial score (nSPS) is 16.0. The van der Waals surface area contributed by atoms with Gasteiger partial charge in [0.05, 0.1) is 17.0 Å². The number of nitrogens with zero attached hydrogens (tertiary/aromatic N) is 1. The van der Waals surface area contributed by atoms with Crippen molar-refractivity contribution in [3.8, 4) is 0 Å². The fraction of sp³-hybridized carbons (Fsp3) is 0.250. The number of aryl methyl sites for hydroxylation is 1. The van der Waals surface area contributed by atoms with Gasteiger partial charge in [0.2, 0.25) is 5.76 Å². The largest absolute Gasteiger partial charge is 0.450 e. The Morgan fingerprint density at radius 3 is 2.52 bits per heavy atom. The molecule has 2 aromatic carbocycles. The first-order valence-corrected chi connectivity index (χ1v) is 9.99. The number of carbonyl (C=O) groups is 1. The molecule has 4 rings (SSSR count). The van der Waals surface area contributed by atoms with Crippen LogP contribution in [-0.4, -0.2) is 17.4 Å². The molecule has 0 N–H and O–H groups in total. The molecule has 0 spiro atoms. The van der Waals surface area contributed by atoms with E-state index >= 15 is 0 Å².